The lowest BCUT2D eigenvalue weighted by molar-refractivity contribution is 0.0940. The van der Waals surface area contributed by atoms with Crippen LogP contribution in [0.5, 0.6) is 0 Å². The van der Waals surface area contributed by atoms with Crippen LogP contribution in [0.3, 0.4) is 0 Å². The van der Waals surface area contributed by atoms with E-state index in [-0.39, 0.29) is 17.2 Å². The molecular weight excluding hydrogens is 285 g/mol. The molecule has 2 rings (SSSR count). The molecule has 1 unspecified atom stereocenters. The van der Waals surface area contributed by atoms with Crippen molar-refractivity contribution in [2.24, 2.45) is 0 Å². The van der Waals surface area contributed by atoms with Crippen molar-refractivity contribution in [3.05, 3.63) is 59.0 Å². The number of carbonyl (C=O) groups excluding carboxylic acids is 1. The van der Waals surface area contributed by atoms with Gasteiger partial charge in [0.15, 0.2) is 0 Å². The molecule has 1 aromatic carbocycles. The van der Waals surface area contributed by atoms with Gasteiger partial charge in [0.1, 0.15) is 0 Å². The molecule has 0 saturated carbocycles. The lowest BCUT2D eigenvalue weighted by Crippen LogP contribution is -2.37. The van der Waals surface area contributed by atoms with Crippen LogP contribution in [0.15, 0.2) is 47.1 Å². The first kappa shape index (κ1) is 14.0. The van der Waals surface area contributed by atoms with Crippen LogP contribution >= 0.6 is 23.2 Å². The molecule has 0 aliphatic heterocycles. The van der Waals surface area contributed by atoms with E-state index in [2.05, 4.69) is 5.32 Å². The SMILES string of the molecule is O=C(NC(CCl)Cc1ccccc1)c1ccoc1Cl. The van der Waals surface area contributed by atoms with Gasteiger partial charge in [0.2, 0.25) is 5.22 Å². The Morgan fingerprint density at radius 2 is 2.00 bits per heavy atom. The number of amides is 1. The van der Waals surface area contributed by atoms with Gasteiger partial charge in [-0.1, -0.05) is 30.3 Å². The predicted molar refractivity (Wildman–Crippen MR) is 75.8 cm³/mol. The van der Waals surface area contributed by atoms with Gasteiger partial charge >= 0.3 is 0 Å². The smallest absolute Gasteiger partial charge is 0.256 e. The molecule has 2 aromatic rings. The van der Waals surface area contributed by atoms with Gasteiger partial charge in [0.05, 0.1) is 11.8 Å². The van der Waals surface area contributed by atoms with E-state index in [1.54, 1.807) is 0 Å². The third kappa shape index (κ3) is 3.75. The molecule has 1 heterocycles. The number of carbonyl (C=O) groups is 1. The summed E-state index contributed by atoms with van der Waals surface area (Å²) in [6, 6.07) is 11.2. The van der Waals surface area contributed by atoms with Crippen molar-refractivity contribution in [2.45, 2.75) is 12.5 Å². The van der Waals surface area contributed by atoms with Crippen LogP contribution in [0, 0.1) is 0 Å². The fourth-order valence-corrected chi connectivity index (χ4v) is 2.15. The van der Waals surface area contributed by atoms with E-state index >= 15 is 0 Å². The van der Waals surface area contributed by atoms with Gasteiger partial charge in [-0.25, -0.2) is 0 Å². The monoisotopic (exact) mass is 297 g/mol. The Labute approximate surface area is 121 Å². The van der Waals surface area contributed by atoms with E-state index in [9.17, 15) is 4.79 Å². The molecule has 5 heteroatoms. The number of alkyl halides is 1. The molecule has 1 aromatic heterocycles. The van der Waals surface area contributed by atoms with Crippen molar-refractivity contribution in [3.8, 4) is 0 Å². The Hall–Kier alpha value is -1.45. The molecule has 0 spiro atoms. The number of nitrogens with one attached hydrogen (secondary N) is 1. The summed E-state index contributed by atoms with van der Waals surface area (Å²) in [6.45, 7) is 0. The van der Waals surface area contributed by atoms with Gasteiger partial charge in [0, 0.05) is 11.9 Å². The van der Waals surface area contributed by atoms with E-state index < -0.39 is 0 Å². The maximum Gasteiger partial charge on any atom is 0.256 e. The minimum atomic E-state index is -0.277. The molecule has 1 N–H and O–H groups in total. The van der Waals surface area contributed by atoms with Crippen molar-refractivity contribution in [1.82, 2.24) is 5.32 Å². The van der Waals surface area contributed by atoms with E-state index in [1.165, 1.54) is 12.3 Å². The first-order chi connectivity index (χ1) is 9.20. The molecule has 1 atom stereocenters. The molecule has 100 valence electrons. The standard InChI is InChI=1S/C14H13Cl2NO2/c15-9-11(8-10-4-2-1-3-5-10)17-14(18)12-6-7-19-13(12)16/h1-7,11H,8-9H2,(H,17,18). The fourth-order valence-electron chi connectivity index (χ4n) is 1.76. The molecule has 0 saturated heterocycles. The topological polar surface area (TPSA) is 42.2 Å². The maximum absolute atomic E-state index is 12.0. The molecule has 0 radical (unpaired) electrons. The highest BCUT2D eigenvalue weighted by Crippen LogP contribution is 2.16. The first-order valence-electron chi connectivity index (χ1n) is 5.84. The lowest BCUT2D eigenvalue weighted by atomic mass is 10.1. The molecule has 19 heavy (non-hydrogen) atoms. The Balaban J connectivity index is 2.00. The van der Waals surface area contributed by atoms with E-state index in [4.69, 9.17) is 27.6 Å². The Morgan fingerprint density at radius 1 is 1.26 bits per heavy atom. The van der Waals surface area contributed by atoms with Crippen molar-refractivity contribution < 1.29 is 9.21 Å². The van der Waals surface area contributed by atoms with Gasteiger partial charge in [-0.15, -0.1) is 11.6 Å². The largest absolute Gasteiger partial charge is 0.452 e. The minimum Gasteiger partial charge on any atom is -0.452 e. The van der Waals surface area contributed by atoms with E-state index in [0.717, 1.165) is 5.56 Å². The number of benzene rings is 1. The summed E-state index contributed by atoms with van der Waals surface area (Å²) in [4.78, 5) is 12.0. The second-order valence-electron chi connectivity index (χ2n) is 4.12. The van der Waals surface area contributed by atoms with Gasteiger partial charge in [-0.2, -0.15) is 0 Å². The van der Waals surface area contributed by atoms with Gasteiger partial charge in [-0.05, 0) is 29.7 Å². The van der Waals surface area contributed by atoms with Crippen molar-refractivity contribution in [1.29, 1.82) is 0 Å². The zero-order valence-electron chi connectivity index (χ0n) is 10.1. The lowest BCUT2D eigenvalue weighted by Gasteiger charge is -2.15. The predicted octanol–water partition coefficient (Wildman–Crippen LogP) is 3.51. The fraction of sp³-hybridized carbons (Fsp3) is 0.214. The third-order valence-corrected chi connectivity index (χ3v) is 3.37. The quantitative estimate of drug-likeness (QED) is 0.858. The molecular formula is C14H13Cl2NO2. The molecule has 0 aliphatic rings. The highest BCUT2D eigenvalue weighted by atomic mass is 35.5. The van der Waals surface area contributed by atoms with Crippen LogP contribution in [0.4, 0.5) is 0 Å². The van der Waals surface area contributed by atoms with E-state index in [0.29, 0.717) is 17.9 Å². The summed E-state index contributed by atoms with van der Waals surface area (Å²) in [6.07, 6.45) is 2.05. The highest BCUT2D eigenvalue weighted by Gasteiger charge is 2.17. The zero-order valence-corrected chi connectivity index (χ0v) is 11.6. The van der Waals surface area contributed by atoms with Crippen molar-refractivity contribution >= 4 is 29.1 Å². The van der Waals surface area contributed by atoms with Gasteiger partial charge < -0.3 is 9.73 Å². The second kappa shape index (κ2) is 6.64. The average molecular weight is 298 g/mol. The number of hydrogen-bond acceptors (Lipinski definition) is 2. The van der Waals surface area contributed by atoms with Crippen LogP contribution in [0.2, 0.25) is 5.22 Å². The number of furan rings is 1. The van der Waals surface area contributed by atoms with Crippen LogP contribution < -0.4 is 5.32 Å². The zero-order chi connectivity index (χ0) is 13.7. The van der Waals surface area contributed by atoms with Crippen LogP contribution in [-0.2, 0) is 6.42 Å². The Kier molecular flexibility index (Phi) is 4.88. The van der Waals surface area contributed by atoms with Gasteiger partial charge in [0.25, 0.3) is 5.91 Å². The van der Waals surface area contributed by atoms with Crippen molar-refractivity contribution in [2.75, 3.05) is 5.88 Å². The Morgan fingerprint density at radius 3 is 2.58 bits per heavy atom. The number of halogens is 2. The Bertz CT molecular complexity index is 539. The van der Waals surface area contributed by atoms with Crippen LogP contribution in [-0.4, -0.2) is 17.8 Å². The third-order valence-electron chi connectivity index (χ3n) is 2.71. The summed E-state index contributed by atoms with van der Waals surface area (Å²) >= 11 is 11.7. The average Bonchev–Trinajstić information content (AvgIpc) is 2.85. The van der Waals surface area contributed by atoms with Crippen LogP contribution in [0.1, 0.15) is 15.9 Å². The molecule has 0 bridgehead atoms. The first-order valence-corrected chi connectivity index (χ1v) is 6.75. The van der Waals surface area contributed by atoms with Crippen LogP contribution in [0.25, 0.3) is 0 Å². The molecule has 0 fully saturated rings. The summed E-state index contributed by atoms with van der Waals surface area (Å²) in [5.41, 5.74) is 1.44. The molecule has 3 nitrogen and oxygen atoms in total. The number of hydrogen-bond donors (Lipinski definition) is 1. The maximum atomic E-state index is 12.0. The summed E-state index contributed by atoms with van der Waals surface area (Å²) in [7, 11) is 0. The van der Waals surface area contributed by atoms with E-state index in [1.807, 2.05) is 30.3 Å². The van der Waals surface area contributed by atoms with Gasteiger partial charge in [-0.3, -0.25) is 4.79 Å². The second-order valence-corrected chi connectivity index (χ2v) is 4.77. The van der Waals surface area contributed by atoms with Crippen molar-refractivity contribution in [3.63, 3.8) is 0 Å². The summed E-state index contributed by atoms with van der Waals surface area (Å²) < 4.78 is 4.89. The highest BCUT2D eigenvalue weighted by molar-refractivity contribution is 6.32. The summed E-state index contributed by atoms with van der Waals surface area (Å²) in [5.74, 6) is 0.0520. The molecule has 1 amide bonds. The summed E-state index contributed by atoms with van der Waals surface area (Å²) in [5, 5.41) is 2.93. The number of rotatable bonds is 5. The molecule has 0 aliphatic carbocycles. The normalized spacial score (nSPS) is 12.1. The minimum absolute atomic E-state index is 0.0885.